The Bertz CT molecular complexity index is 8990. The van der Waals surface area contributed by atoms with Crippen LogP contribution in [0.1, 0.15) is 154 Å². The Balaban J connectivity index is 0.000000109. The van der Waals surface area contributed by atoms with Crippen molar-refractivity contribution in [1.29, 1.82) is 0 Å². The van der Waals surface area contributed by atoms with Crippen LogP contribution in [0.15, 0.2) is 431 Å². The SMILES string of the molecule is CC(C)(C)c1cc(C(C)(C)C)c2cc3c4c(cc(-c5ccccc5)c5ccc1c2c54)C(c1ccccc1)(c1ccccc1)c1ccccc1-3.Cc1ccccc1N(c1ccc(-c2ccc3cc4c5c(ccc6ccc2c3c65)C(C)(C)c2ccccc2-4)cc1)c1ccccc1C.c1ccc(-c2cc(-c3ccccc3)c3cc4c5c(cc(-c6ccccc6)c6ccc2c3c65)C2(CCCCC2)c2ccccc2-4)cc1. The van der Waals surface area contributed by atoms with Crippen molar-refractivity contribution in [2.75, 3.05) is 4.90 Å². The molecule has 0 aromatic heterocycles. The monoisotopic (exact) mass is 1810 g/mol. The highest BCUT2D eigenvalue weighted by Crippen LogP contribution is 2.64. The minimum Gasteiger partial charge on any atom is -0.310 e. The maximum Gasteiger partial charge on any atom is 0.0714 e. The predicted octanol–water partition coefficient (Wildman–Crippen LogP) is 38.7. The Morgan fingerprint density at radius 3 is 1.15 bits per heavy atom. The van der Waals surface area contributed by atoms with Crippen molar-refractivity contribution in [2.45, 2.75) is 128 Å². The second kappa shape index (κ2) is 32.7. The first-order valence-corrected chi connectivity index (χ1v) is 50.9. The lowest BCUT2D eigenvalue weighted by Crippen LogP contribution is -2.34. The van der Waals surface area contributed by atoms with E-state index in [4.69, 9.17) is 0 Å². The van der Waals surface area contributed by atoms with Crippen LogP contribution in [0.3, 0.4) is 0 Å². The van der Waals surface area contributed by atoms with Crippen molar-refractivity contribution in [3.63, 3.8) is 0 Å². The van der Waals surface area contributed by atoms with Gasteiger partial charge in [0, 0.05) is 27.9 Å². The third kappa shape index (κ3) is 13.1. The number of rotatable bonds is 10. The van der Waals surface area contributed by atoms with Crippen molar-refractivity contribution in [1.82, 2.24) is 0 Å². The van der Waals surface area contributed by atoms with E-state index in [9.17, 15) is 0 Å². The zero-order chi connectivity index (χ0) is 95.1. The van der Waals surface area contributed by atoms with E-state index in [0.29, 0.717) is 0 Å². The van der Waals surface area contributed by atoms with Gasteiger partial charge in [-0.15, -0.1) is 0 Å². The lowest BCUT2D eigenvalue weighted by molar-refractivity contribution is 0.348. The van der Waals surface area contributed by atoms with Crippen LogP contribution in [0.5, 0.6) is 0 Å². The molecule has 1 spiro atoms. The number of anilines is 3. The van der Waals surface area contributed by atoms with E-state index >= 15 is 0 Å². The van der Waals surface area contributed by atoms with E-state index < -0.39 is 5.41 Å². The van der Waals surface area contributed by atoms with E-state index in [-0.39, 0.29) is 21.7 Å². The van der Waals surface area contributed by atoms with Gasteiger partial charge in [-0.3, -0.25) is 0 Å². The van der Waals surface area contributed by atoms with Gasteiger partial charge in [-0.2, -0.15) is 0 Å². The molecular weight excluding hydrogens is 1700 g/mol. The number of benzene rings is 24. The summed E-state index contributed by atoms with van der Waals surface area (Å²) in [5.41, 5.74) is 40.5. The topological polar surface area (TPSA) is 3.24 Å². The van der Waals surface area contributed by atoms with Crippen molar-refractivity contribution in [2.24, 2.45) is 0 Å². The van der Waals surface area contributed by atoms with Crippen molar-refractivity contribution >= 4 is 114 Å². The smallest absolute Gasteiger partial charge is 0.0714 e. The van der Waals surface area contributed by atoms with Gasteiger partial charge in [0.05, 0.1) is 5.41 Å². The summed E-state index contributed by atoms with van der Waals surface area (Å²) >= 11 is 0. The Hall–Kier alpha value is -15.8. The molecule has 141 heavy (non-hydrogen) atoms. The van der Waals surface area contributed by atoms with Gasteiger partial charge in [0.1, 0.15) is 0 Å². The number of hydrogen-bond donors (Lipinski definition) is 0. The van der Waals surface area contributed by atoms with E-state index in [1.165, 1.54) is 291 Å². The first kappa shape index (κ1) is 85.6. The van der Waals surface area contributed by atoms with Crippen LogP contribution < -0.4 is 4.90 Å². The molecule has 4 aliphatic rings. The van der Waals surface area contributed by atoms with Crippen LogP contribution >= 0.6 is 0 Å². The summed E-state index contributed by atoms with van der Waals surface area (Å²) in [6, 6.07) is 162. The molecule has 24 aromatic carbocycles. The van der Waals surface area contributed by atoms with Gasteiger partial charge >= 0.3 is 0 Å². The van der Waals surface area contributed by atoms with Crippen molar-refractivity contribution in [3.05, 3.63) is 497 Å². The van der Waals surface area contributed by atoms with E-state index in [1.807, 2.05) is 0 Å². The van der Waals surface area contributed by atoms with Crippen molar-refractivity contribution < 1.29 is 0 Å². The normalized spacial score (nSPS) is 14.2. The van der Waals surface area contributed by atoms with Gasteiger partial charge in [0.15, 0.2) is 0 Å². The van der Waals surface area contributed by atoms with Gasteiger partial charge in [-0.25, -0.2) is 0 Å². The highest BCUT2D eigenvalue weighted by molar-refractivity contribution is 6.36. The summed E-state index contributed by atoms with van der Waals surface area (Å²) < 4.78 is 0. The molecule has 1 saturated carbocycles. The molecule has 1 heteroatoms. The highest BCUT2D eigenvalue weighted by atomic mass is 15.1. The zero-order valence-corrected chi connectivity index (χ0v) is 82.0. The van der Waals surface area contributed by atoms with Crippen molar-refractivity contribution in [3.8, 4) is 89.0 Å². The first-order chi connectivity index (χ1) is 68.8. The van der Waals surface area contributed by atoms with Crippen LogP contribution in [0, 0.1) is 13.8 Å². The molecule has 0 heterocycles. The average molecular weight is 1810 g/mol. The Morgan fingerprint density at radius 1 is 0.220 bits per heavy atom. The lowest BCUT2D eigenvalue weighted by atomic mass is 9.58. The molecular formula is C140H111N. The minimum absolute atomic E-state index is 0.0161. The Labute approximate surface area is 827 Å². The first-order valence-electron chi connectivity index (χ1n) is 50.9. The second-order valence-electron chi connectivity index (χ2n) is 43.0. The van der Waals surface area contributed by atoms with E-state index in [0.717, 1.165) is 5.69 Å². The second-order valence-corrected chi connectivity index (χ2v) is 43.0. The maximum absolute atomic E-state index is 2.61. The predicted molar refractivity (Wildman–Crippen MR) is 603 cm³/mol. The molecule has 1 nitrogen and oxygen atoms in total. The molecule has 24 aromatic rings. The molecule has 0 radical (unpaired) electrons. The average Bonchev–Trinajstić information content (AvgIpc) is 0.666. The highest BCUT2D eigenvalue weighted by Gasteiger charge is 2.48. The van der Waals surface area contributed by atoms with E-state index in [1.54, 1.807) is 5.56 Å². The fourth-order valence-corrected chi connectivity index (χ4v) is 26.4. The molecule has 676 valence electrons. The third-order valence-electron chi connectivity index (χ3n) is 32.8. The molecule has 0 aliphatic heterocycles. The van der Waals surface area contributed by atoms with Crippen LogP contribution in [-0.4, -0.2) is 0 Å². The number of aryl methyl sites for hydroxylation is 2. The number of hydrogen-bond acceptors (Lipinski definition) is 1. The fraction of sp³-hybridized carbons (Fsp3) is 0.143. The van der Waals surface area contributed by atoms with Gasteiger partial charge in [-0.05, 0) is 351 Å². The Morgan fingerprint density at radius 2 is 0.603 bits per heavy atom. The molecule has 0 atom stereocenters. The standard InChI is InChI=1S/C49H42.C46H34.C45H35N/c1-47(2,3)41-30-42(48(4,5)6)39-28-38-34-24-16-17-25-40(34)49(32-20-12-8-13-21-32,33-22-14-9-15-23-33)43-29-37(31-18-10-7-11-19-31)35-26-27-36(41)44(39)46(35)45(38)43;1-5-15-30(16-6-1)36-27-37(31-17-7-2-8-18-31)40-28-39-33-21-11-12-22-41(33)46(25-13-4-14-26-46)42-29-38(32-19-9-3-10-20-32)35-24-23-34(36)43(40)45(35)44(39)42;1-28-11-5-9-15-40(28)46(41-16-10-6-12-29(41)2)33-22-17-30(18-23-33)34-24-20-32-27-37-35-13-7-8-14-38(35)45(3,4)39-26-21-31-19-25-36(34)42(32)43(31)44(37)39/h7-30H,1-6H3;1-3,5-12,15-24,27-29H,4,13-14,25-26H2;5-27H,1-4H3. The summed E-state index contributed by atoms with van der Waals surface area (Å²) in [6.45, 7) is 23.4. The molecule has 28 rings (SSSR count). The maximum atomic E-state index is 2.61. The fourth-order valence-electron chi connectivity index (χ4n) is 26.4. The molecule has 0 N–H and O–H groups in total. The van der Waals surface area contributed by atoms with Crippen LogP contribution in [-0.2, 0) is 27.1 Å². The number of nitrogens with zero attached hydrogens (tertiary/aromatic N) is 1. The number of para-hydroxylation sites is 2. The molecule has 0 saturated heterocycles. The zero-order valence-electron chi connectivity index (χ0n) is 82.0. The van der Waals surface area contributed by atoms with Crippen LogP contribution in [0.2, 0.25) is 0 Å². The lowest BCUT2D eigenvalue weighted by Gasteiger charge is -2.44. The van der Waals surface area contributed by atoms with Gasteiger partial charge in [-0.1, -0.05) is 445 Å². The molecule has 1 fully saturated rings. The summed E-state index contributed by atoms with van der Waals surface area (Å²) in [5.74, 6) is 0. The summed E-state index contributed by atoms with van der Waals surface area (Å²) in [7, 11) is 0. The van der Waals surface area contributed by atoms with Crippen LogP contribution in [0.4, 0.5) is 17.1 Å². The van der Waals surface area contributed by atoms with E-state index in [2.05, 4.69) is 505 Å². The van der Waals surface area contributed by atoms with Gasteiger partial charge in [0.2, 0.25) is 0 Å². The summed E-state index contributed by atoms with van der Waals surface area (Å²) in [5, 5.41) is 24.7. The molecule has 0 bridgehead atoms. The molecule has 0 amide bonds. The molecule has 4 aliphatic carbocycles. The number of fused-ring (bicyclic) bond motifs is 8. The Kier molecular flexibility index (Phi) is 19.8. The summed E-state index contributed by atoms with van der Waals surface area (Å²) in [6.07, 6.45) is 6.32. The largest absolute Gasteiger partial charge is 0.310 e. The third-order valence-corrected chi connectivity index (χ3v) is 32.8. The minimum atomic E-state index is -0.516. The van der Waals surface area contributed by atoms with Gasteiger partial charge < -0.3 is 4.90 Å². The van der Waals surface area contributed by atoms with Gasteiger partial charge in [0.25, 0.3) is 0 Å². The quantitative estimate of drug-likeness (QED) is 0.123. The van der Waals surface area contributed by atoms with Crippen LogP contribution in [0.25, 0.3) is 186 Å². The summed E-state index contributed by atoms with van der Waals surface area (Å²) in [4.78, 5) is 2.39. The molecule has 0 unspecified atom stereocenters.